The van der Waals surface area contributed by atoms with Crippen LogP contribution in [-0.4, -0.2) is 52.3 Å². The first-order valence-electron chi connectivity index (χ1n) is 11.5. The highest BCUT2D eigenvalue weighted by molar-refractivity contribution is 9.10. The second-order valence-electron chi connectivity index (χ2n) is 10.2. The van der Waals surface area contributed by atoms with E-state index in [1.807, 2.05) is 12.1 Å². The number of hydrogen-bond donors (Lipinski definition) is 2. The molecular formula is C24H33BrN6O2. The molecule has 3 aliphatic carbocycles. The van der Waals surface area contributed by atoms with Crippen LogP contribution >= 0.6 is 15.9 Å². The molecule has 3 aliphatic rings. The first-order chi connectivity index (χ1) is 15.7. The molecule has 0 spiro atoms. The summed E-state index contributed by atoms with van der Waals surface area (Å²) in [4.78, 5) is 31.4. The van der Waals surface area contributed by atoms with E-state index < -0.39 is 0 Å². The van der Waals surface area contributed by atoms with Crippen molar-refractivity contribution in [2.24, 2.45) is 23.2 Å². The highest BCUT2D eigenvalue weighted by atomic mass is 79.9. The van der Waals surface area contributed by atoms with Crippen molar-refractivity contribution in [1.29, 1.82) is 0 Å². The Kier molecular flexibility index (Phi) is 6.91. The number of pyridine rings is 1. The molecule has 0 aliphatic heterocycles. The second-order valence-corrected chi connectivity index (χ2v) is 11.0. The molecular weight excluding hydrogens is 484 g/mol. The van der Waals surface area contributed by atoms with E-state index in [2.05, 4.69) is 69.5 Å². The van der Waals surface area contributed by atoms with Crippen molar-refractivity contribution in [1.82, 2.24) is 25.0 Å². The van der Waals surface area contributed by atoms with Crippen LogP contribution in [0.15, 0.2) is 40.0 Å². The predicted molar refractivity (Wildman–Crippen MR) is 132 cm³/mol. The van der Waals surface area contributed by atoms with Gasteiger partial charge in [0.2, 0.25) is 5.91 Å². The zero-order valence-electron chi connectivity index (χ0n) is 19.7. The molecule has 3 fully saturated rings. The molecule has 1 amide bonds. The highest BCUT2D eigenvalue weighted by Crippen LogP contribution is 2.61. The van der Waals surface area contributed by atoms with Crippen molar-refractivity contribution >= 4 is 27.5 Å². The SMILES string of the molecule is CN(C)CC1C(Nc2cnn(CC(=O)NCc3ccncc3)c(=O)c2Br)CC2CC1C2(C)C. The number of carbonyl (C=O) groups excluding carboxylic acids is 1. The van der Waals surface area contributed by atoms with Crippen molar-refractivity contribution in [3.8, 4) is 0 Å². The molecule has 2 aromatic rings. The Hall–Kier alpha value is -2.26. The van der Waals surface area contributed by atoms with Gasteiger partial charge in [0.25, 0.3) is 5.56 Å². The maximum Gasteiger partial charge on any atom is 0.283 e. The summed E-state index contributed by atoms with van der Waals surface area (Å²) in [6.45, 7) is 6.04. The first kappa shape index (κ1) is 23.9. The topological polar surface area (TPSA) is 92.2 Å². The molecule has 4 atom stereocenters. The third kappa shape index (κ3) is 4.99. The summed E-state index contributed by atoms with van der Waals surface area (Å²) in [7, 11) is 4.24. The Labute approximate surface area is 203 Å². The lowest BCUT2D eigenvalue weighted by atomic mass is 9.44. The van der Waals surface area contributed by atoms with Gasteiger partial charge in [0.1, 0.15) is 11.0 Å². The number of nitrogens with zero attached hydrogens (tertiary/aromatic N) is 4. The van der Waals surface area contributed by atoms with Gasteiger partial charge in [-0.25, -0.2) is 4.68 Å². The standard InChI is InChI=1S/C24H33BrN6O2/c1-24(2)16-9-18(24)17(13-30(3)4)19(10-16)29-20-12-28-31(23(33)22(20)25)14-21(32)27-11-15-5-7-26-8-6-15/h5-8,12,16-19,29H,9-11,13-14H2,1-4H3,(H,27,32). The average molecular weight is 517 g/mol. The number of fused-ring (bicyclic) bond motifs is 2. The van der Waals surface area contributed by atoms with Gasteiger partial charge in [-0.3, -0.25) is 14.6 Å². The molecule has 0 radical (unpaired) electrons. The number of aromatic nitrogens is 3. The minimum absolute atomic E-state index is 0.131. The largest absolute Gasteiger partial charge is 0.380 e. The van der Waals surface area contributed by atoms with Gasteiger partial charge in [-0.15, -0.1) is 0 Å². The van der Waals surface area contributed by atoms with E-state index in [-0.39, 0.29) is 18.0 Å². The molecule has 0 aromatic carbocycles. The molecule has 178 valence electrons. The number of anilines is 1. The van der Waals surface area contributed by atoms with Gasteiger partial charge in [-0.05, 0) is 83.7 Å². The average Bonchev–Trinajstić information content (AvgIpc) is 2.78. The number of hydrogen-bond acceptors (Lipinski definition) is 6. The van der Waals surface area contributed by atoms with Crippen molar-refractivity contribution < 1.29 is 4.79 Å². The maximum atomic E-state index is 12.9. The zero-order chi connectivity index (χ0) is 23.8. The summed E-state index contributed by atoms with van der Waals surface area (Å²) in [6, 6.07) is 3.96. The fourth-order valence-corrected chi connectivity index (χ4v) is 5.98. The van der Waals surface area contributed by atoms with Crippen molar-refractivity contribution in [3.63, 3.8) is 0 Å². The van der Waals surface area contributed by atoms with E-state index in [0.717, 1.165) is 18.5 Å². The Morgan fingerprint density at radius 3 is 2.67 bits per heavy atom. The van der Waals surface area contributed by atoms with Gasteiger partial charge >= 0.3 is 0 Å². The Balaban J connectivity index is 1.43. The molecule has 2 N–H and O–H groups in total. The summed E-state index contributed by atoms with van der Waals surface area (Å²) in [5.41, 5.74) is 1.70. The van der Waals surface area contributed by atoms with E-state index in [9.17, 15) is 9.59 Å². The Morgan fingerprint density at radius 1 is 1.27 bits per heavy atom. The van der Waals surface area contributed by atoms with Crippen molar-refractivity contribution in [2.45, 2.75) is 45.8 Å². The summed E-state index contributed by atoms with van der Waals surface area (Å²) in [5, 5.41) is 10.7. The maximum absolute atomic E-state index is 12.9. The molecule has 5 rings (SSSR count). The quantitative estimate of drug-likeness (QED) is 0.560. The Morgan fingerprint density at radius 2 is 2.00 bits per heavy atom. The third-order valence-corrected chi connectivity index (χ3v) is 8.32. The fourth-order valence-electron chi connectivity index (χ4n) is 5.56. The van der Waals surface area contributed by atoms with Crippen LogP contribution in [0.2, 0.25) is 0 Å². The van der Waals surface area contributed by atoms with Crippen molar-refractivity contribution in [3.05, 3.63) is 51.1 Å². The number of nitrogens with one attached hydrogen (secondary N) is 2. The number of amides is 1. The minimum Gasteiger partial charge on any atom is -0.380 e. The van der Waals surface area contributed by atoms with Crippen LogP contribution in [0.3, 0.4) is 0 Å². The molecule has 3 saturated carbocycles. The minimum atomic E-state index is -0.315. The molecule has 9 heteroatoms. The molecule has 4 unspecified atom stereocenters. The molecule has 0 saturated heterocycles. The van der Waals surface area contributed by atoms with Crippen LogP contribution in [0.1, 0.15) is 32.3 Å². The van der Waals surface area contributed by atoms with Crippen LogP contribution in [0.4, 0.5) is 5.69 Å². The summed E-state index contributed by atoms with van der Waals surface area (Å²) in [5.74, 6) is 1.62. The Bertz CT molecular complexity index is 1050. The van der Waals surface area contributed by atoms with Crippen molar-refractivity contribution in [2.75, 3.05) is 26.0 Å². The number of carbonyl (C=O) groups is 1. The normalized spacial score (nSPS) is 25.4. The molecule has 2 aromatic heterocycles. The van der Waals surface area contributed by atoms with E-state index in [0.29, 0.717) is 45.9 Å². The van der Waals surface area contributed by atoms with Crippen LogP contribution in [0.25, 0.3) is 0 Å². The monoisotopic (exact) mass is 516 g/mol. The summed E-state index contributed by atoms with van der Waals surface area (Å²) < 4.78 is 1.61. The van der Waals surface area contributed by atoms with Gasteiger partial charge in [-0.2, -0.15) is 5.10 Å². The lowest BCUT2D eigenvalue weighted by Gasteiger charge is -2.63. The second kappa shape index (κ2) is 9.54. The zero-order valence-corrected chi connectivity index (χ0v) is 21.3. The van der Waals surface area contributed by atoms with Gasteiger partial charge in [0.05, 0.1) is 11.9 Å². The molecule has 8 nitrogen and oxygen atoms in total. The van der Waals surface area contributed by atoms with Gasteiger partial charge in [0, 0.05) is 31.5 Å². The first-order valence-corrected chi connectivity index (χ1v) is 12.3. The lowest BCUT2D eigenvalue weighted by molar-refractivity contribution is -0.122. The van der Waals surface area contributed by atoms with E-state index in [4.69, 9.17) is 0 Å². The highest BCUT2D eigenvalue weighted by Gasteiger charge is 2.57. The van der Waals surface area contributed by atoms with Crippen LogP contribution < -0.4 is 16.2 Å². The third-order valence-electron chi connectivity index (χ3n) is 7.55. The van der Waals surface area contributed by atoms with Gasteiger partial charge in [0.15, 0.2) is 0 Å². The summed E-state index contributed by atoms with van der Waals surface area (Å²) in [6.07, 6.45) is 7.39. The number of rotatable bonds is 8. The van der Waals surface area contributed by atoms with Gasteiger partial charge in [-0.1, -0.05) is 13.8 Å². The molecule has 33 heavy (non-hydrogen) atoms. The fraction of sp³-hybridized carbons (Fsp3) is 0.583. The van der Waals surface area contributed by atoms with Gasteiger partial charge < -0.3 is 15.5 Å². The van der Waals surface area contributed by atoms with Crippen LogP contribution in [-0.2, 0) is 17.9 Å². The van der Waals surface area contributed by atoms with Crippen LogP contribution in [0.5, 0.6) is 0 Å². The van der Waals surface area contributed by atoms with E-state index in [1.165, 1.54) is 11.1 Å². The van der Waals surface area contributed by atoms with Crippen LogP contribution in [0, 0.1) is 23.2 Å². The molecule has 2 bridgehead atoms. The van der Waals surface area contributed by atoms with E-state index in [1.54, 1.807) is 18.6 Å². The molecule has 2 heterocycles. The summed E-state index contributed by atoms with van der Waals surface area (Å²) >= 11 is 3.46. The number of halogens is 1. The smallest absolute Gasteiger partial charge is 0.283 e. The predicted octanol–water partition coefficient (Wildman–Crippen LogP) is 2.74. The van der Waals surface area contributed by atoms with E-state index >= 15 is 0 Å². The lowest BCUT2D eigenvalue weighted by Crippen LogP contribution is -2.61.